The van der Waals surface area contributed by atoms with Crippen LogP contribution in [0.3, 0.4) is 0 Å². The molecule has 4 nitrogen and oxygen atoms in total. The summed E-state index contributed by atoms with van der Waals surface area (Å²) in [5.74, 6) is 0.574. The summed E-state index contributed by atoms with van der Waals surface area (Å²) in [6, 6.07) is 11.6. The van der Waals surface area contributed by atoms with Gasteiger partial charge >= 0.3 is 0 Å². The summed E-state index contributed by atoms with van der Waals surface area (Å²) in [5, 5.41) is 3.36. The van der Waals surface area contributed by atoms with E-state index in [-0.39, 0.29) is 5.91 Å². The molecule has 0 heterocycles. The molecule has 0 saturated heterocycles. The molecule has 126 valence electrons. The summed E-state index contributed by atoms with van der Waals surface area (Å²) in [6.45, 7) is 0.598. The number of hydrogen-bond donors (Lipinski definition) is 2. The van der Waals surface area contributed by atoms with Crippen LogP contribution in [0.25, 0.3) is 0 Å². The lowest BCUT2D eigenvalue weighted by Gasteiger charge is -2.25. The lowest BCUT2D eigenvalue weighted by Crippen LogP contribution is -2.30. The molecule has 0 aromatic heterocycles. The SMILES string of the molecule is COc1cc(N)c(Cl)cc1C(=O)NCC1CCCc2ccccc21. The highest BCUT2D eigenvalue weighted by Gasteiger charge is 2.21. The molecular formula is C19H21ClN2O2. The van der Waals surface area contributed by atoms with Crippen molar-refractivity contribution in [2.75, 3.05) is 19.4 Å². The summed E-state index contributed by atoms with van der Waals surface area (Å²) in [7, 11) is 1.51. The Morgan fingerprint density at radius 1 is 1.38 bits per heavy atom. The Balaban J connectivity index is 1.74. The monoisotopic (exact) mass is 344 g/mol. The minimum atomic E-state index is -0.197. The van der Waals surface area contributed by atoms with Crippen molar-refractivity contribution in [1.29, 1.82) is 0 Å². The van der Waals surface area contributed by atoms with Crippen LogP contribution in [-0.2, 0) is 6.42 Å². The maximum Gasteiger partial charge on any atom is 0.255 e. The van der Waals surface area contributed by atoms with Crippen LogP contribution in [0.2, 0.25) is 5.02 Å². The second kappa shape index (κ2) is 7.14. The van der Waals surface area contributed by atoms with Gasteiger partial charge in [0.05, 0.1) is 23.4 Å². The van der Waals surface area contributed by atoms with E-state index < -0.39 is 0 Å². The number of methoxy groups -OCH3 is 1. The average molecular weight is 345 g/mol. The molecule has 24 heavy (non-hydrogen) atoms. The number of amides is 1. The average Bonchev–Trinajstić information content (AvgIpc) is 2.61. The summed E-state index contributed by atoms with van der Waals surface area (Å²) < 4.78 is 5.25. The second-order valence-electron chi connectivity index (χ2n) is 6.07. The van der Waals surface area contributed by atoms with Crippen LogP contribution in [0.15, 0.2) is 36.4 Å². The Kier molecular flexibility index (Phi) is 4.95. The normalized spacial score (nSPS) is 16.3. The third-order valence-corrected chi connectivity index (χ3v) is 4.89. The fourth-order valence-electron chi connectivity index (χ4n) is 3.29. The molecular weight excluding hydrogens is 324 g/mol. The maximum atomic E-state index is 12.6. The molecule has 0 radical (unpaired) electrons. The van der Waals surface area contributed by atoms with Crippen molar-refractivity contribution in [3.8, 4) is 5.75 Å². The number of carbonyl (C=O) groups excluding carboxylic acids is 1. The molecule has 1 unspecified atom stereocenters. The molecule has 0 bridgehead atoms. The lowest BCUT2D eigenvalue weighted by atomic mass is 9.83. The minimum absolute atomic E-state index is 0.197. The number of nitrogen functional groups attached to an aromatic ring is 1. The Hall–Kier alpha value is -2.20. The van der Waals surface area contributed by atoms with Gasteiger partial charge in [-0.2, -0.15) is 0 Å². The number of carbonyl (C=O) groups is 1. The third kappa shape index (κ3) is 3.34. The first-order valence-corrected chi connectivity index (χ1v) is 8.47. The van der Waals surface area contributed by atoms with Gasteiger partial charge in [-0.3, -0.25) is 4.79 Å². The van der Waals surface area contributed by atoms with Crippen molar-refractivity contribution in [1.82, 2.24) is 5.32 Å². The van der Waals surface area contributed by atoms with E-state index in [2.05, 4.69) is 29.6 Å². The molecule has 0 fully saturated rings. The van der Waals surface area contributed by atoms with Crippen molar-refractivity contribution in [2.24, 2.45) is 0 Å². The molecule has 3 rings (SSSR count). The van der Waals surface area contributed by atoms with Crippen LogP contribution in [-0.4, -0.2) is 19.6 Å². The first-order chi connectivity index (χ1) is 11.6. The van der Waals surface area contributed by atoms with Crippen LogP contribution in [0.4, 0.5) is 5.69 Å². The molecule has 0 spiro atoms. The smallest absolute Gasteiger partial charge is 0.255 e. The largest absolute Gasteiger partial charge is 0.496 e. The van der Waals surface area contributed by atoms with Gasteiger partial charge in [-0.05, 0) is 36.5 Å². The molecule has 0 aliphatic heterocycles. The first-order valence-electron chi connectivity index (χ1n) is 8.09. The first kappa shape index (κ1) is 16.7. The van der Waals surface area contributed by atoms with E-state index in [9.17, 15) is 4.79 Å². The number of aryl methyl sites for hydroxylation is 1. The van der Waals surface area contributed by atoms with Crippen molar-refractivity contribution in [3.63, 3.8) is 0 Å². The van der Waals surface area contributed by atoms with E-state index in [1.807, 2.05) is 0 Å². The molecule has 2 aromatic rings. The zero-order valence-corrected chi connectivity index (χ0v) is 14.4. The number of anilines is 1. The zero-order chi connectivity index (χ0) is 17.1. The van der Waals surface area contributed by atoms with Crippen LogP contribution in [0.1, 0.15) is 40.2 Å². The number of halogens is 1. The highest BCUT2D eigenvalue weighted by Crippen LogP contribution is 2.32. The van der Waals surface area contributed by atoms with Gasteiger partial charge in [0.1, 0.15) is 5.75 Å². The van der Waals surface area contributed by atoms with E-state index in [1.165, 1.54) is 18.2 Å². The second-order valence-corrected chi connectivity index (χ2v) is 6.48. The number of nitrogens with one attached hydrogen (secondary N) is 1. The number of ether oxygens (including phenoxy) is 1. The van der Waals surface area contributed by atoms with Crippen LogP contribution < -0.4 is 15.8 Å². The molecule has 5 heteroatoms. The van der Waals surface area contributed by atoms with Gasteiger partial charge in [0.15, 0.2) is 0 Å². The van der Waals surface area contributed by atoms with Gasteiger partial charge in [0.25, 0.3) is 5.91 Å². The van der Waals surface area contributed by atoms with Crippen molar-refractivity contribution in [3.05, 3.63) is 58.1 Å². The molecule has 3 N–H and O–H groups in total. The number of benzene rings is 2. The van der Waals surface area contributed by atoms with Crippen molar-refractivity contribution in [2.45, 2.75) is 25.2 Å². The van der Waals surface area contributed by atoms with Crippen molar-refractivity contribution >= 4 is 23.2 Å². The van der Waals surface area contributed by atoms with Crippen LogP contribution >= 0.6 is 11.6 Å². The van der Waals surface area contributed by atoms with Gasteiger partial charge in [0.2, 0.25) is 0 Å². The Morgan fingerprint density at radius 2 is 2.17 bits per heavy atom. The van der Waals surface area contributed by atoms with Crippen LogP contribution in [0.5, 0.6) is 5.75 Å². The molecule has 2 aromatic carbocycles. The Bertz CT molecular complexity index is 761. The molecule has 1 amide bonds. The van der Waals surface area contributed by atoms with Crippen LogP contribution in [0, 0.1) is 0 Å². The molecule has 0 saturated carbocycles. The number of fused-ring (bicyclic) bond motifs is 1. The van der Waals surface area contributed by atoms with Gasteiger partial charge in [-0.15, -0.1) is 0 Å². The lowest BCUT2D eigenvalue weighted by molar-refractivity contribution is 0.0947. The predicted molar refractivity (Wildman–Crippen MR) is 96.9 cm³/mol. The van der Waals surface area contributed by atoms with Gasteiger partial charge in [0, 0.05) is 18.5 Å². The summed E-state index contributed by atoms with van der Waals surface area (Å²) >= 11 is 6.04. The van der Waals surface area contributed by atoms with E-state index in [4.69, 9.17) is 22.1 Å². The third-order valence-electron chi connectivity index (χ3n) is 4.57. The summed E-state index contributed by atoms with van der Waals surface area (Å²) in [4.78, 5) is 12.6. The fourth-order valence-corrected chi connectivity index (χ4v) is 3.46. The zero-order valence-electron chi connectivity index (χ0n) is 13.6. The van der Waals surface area contributed by atoms with Gasteiger partial charge < -0.3 is 15.8 Å². The predicted octanol–water partition coefficient (Wildman–Crippen LogP) is 3.78. The standard InChI is InChI=1S/C19H21ClN2O2/c1-24-18-10-17(21)16(20)9-15(18)19(23)22-11-13-7-4-6-12-5-2-3-8-14(12)13/h2-3,5,8-10,13H,4,6-7,11,21H2,1H3,(H,22,23). The van der Waals surface area contributed by atoms with E-state index in [0.29, 0.717) is 34.5 Å². The summed E-state index contributed by atoms with van der Waals surface area (Å²) in [6.07, 6.45) is 3.34. The topological polar surface area (TPSA) is 64.3 Å². The molecule has 1 aliphatic carbocycles. The highest BCUT2D eigenvalue weighted by atomic mass is 35.5. The van der Waals surface area contributed by atoms with E-state index in [1.54, 1.807) is 12.1 Å². The van der Waals surface area contributed by atoms with E-state index in [0.717, 1.165) is 19.3 Å². The highest BCUT2D eigenvalue weighted by molar-refractivity contribution is 6.33. The number of hydrogen-bond acceptors (Lipinski definition) is 3. The van der Waals surface area contributed by atoms with Gasteiger partial charge in [-0.25, -0.2) is 0 Å². The number of nitrogens with two attached hydrogens (primary N) is 1. The quantitative estimate of drug-likeness (QED) is 0.829. The Labute approximate surface area is 147 Å². The minimum Gasteiger partial charge on any atom is -0.496 e. The van der Waals surface area contributed by atoms with Gasteiger partial charge in [-0.1, -0.05) is 35.9 Å². The van der Waals surface area contributed by atoms with Crippen molar-refractivity contribution < 1.29 is 9.53 Å². The summed E-state index contributed by atoms with van der Waals surface area (Å²) in [5.41, 5.74) is 9.29. The number of rotatable bonds is 4. The fraction of sp³-hybridized carbons (Fsp3) is 0.316. The maximum absolute atomic E-state index is 12.6. The van der Waals surface area contributed by atoms with E-state index >= 15 is 0 Å². The Morgan fingerprint density at radius 3 is 2.96 bits per heavy atom. The molecule has 1 atom stereocenters. The molecule has 1 aliphatic rings.